The number of H-pyrrole nitrogens is 1. The number of rotatable bonds is 5. The number of nitrogens with zero attached hydrogens (tertiary/aromatic N) is 1. The summed E-state index contributed by atoms with van der Waals surface area (Å²) < 4.78 is 32.4. The van der Waals surface area contributed by atoms with Gasteiger partial charge in [-0.1, -0.05) is 0 Å². The number of pyridine rings is 1. The molecule has 0 amide bonds. The molecule has 0 fully saturated rings. The van der Waals surface area contributed by atoms with Gasteiger partial charge in [-0.2, -0.15) is 0 Å². The van der Waals surface area contributed by atoms with Gasteiger partial charge in [0.05, 0.1) is 18.5 Å². The highest BCUT2D eigenvalue weighted by Gasteiger charge is 2.27. The molecule has 0 saturated carbocycles. The summed E-state index contributed by atoms with van der Waals surface area (Å²) in [5.74, 6) is -0.578. The zero-order chi connectivity index (χ0) is 16.3. The minimum absolute atomic E-state index is 0.0411. The van der Waals surface area contributed by atoms with Crippen LogP contribution in [-0.2, 0) is 14.8 Å². The topological polar surface area (TPSA) is 101 Å². The molecule has 0 saturated heterocycles. The lowest BCUT2D eigenvalue weighted by molar-refractivity contribution is 0.0519. The van der Waals surface area contributed by atoms with E-state index in [4.69, 9.17) is 4.74 Å². The fourth-order valence-corrected chi connectivity index (χ4v) is 3.66. The Balaban J connectivity index is 2.42. The minimum atomic E-state index is -3.83. The number of aromatic amines is 1. The van der Waals surface area contributed by atoms with Crippen molar-refractivity contribution in [2.45, 2.75) is 25.7 Å². The van der Waals surface area contributed by atoms with Gasteiger partial charge in [-0.05, 0) is 32.9 Å². The Bertz CT molecular complexity index is 782. The monoisotopic (exact) mass is 323 g/mol. The minimum Gasteiger partial charge on any atom is -0.461 e. The molecule has 22 heavy (non-hydrogen) atoms. The Kier molecular flexibility index (Phi) is 4.51. The molecule has 0 spiro atoms. The number of esters is 1. The van der Waals surface area contributed by atoms with Gasteiger partial charge in [-0.15, -0.1) is 0 Å². The Hall–Kier alpha value is -2.35. The Morgan fingerprint density at radius 1 is 1.41 bits per heavy atom. The molecule has 0 atom stereocenters. The zero-order valence-electron chi connectivity index (χ0n) is 12.5. The third kappa shape index (κ3) is 3.11. The van der Waals surface area contributed by atoms with E-state index in [9.17, 15) is 13.2 Å². The molecule has 0 bridgehead atoms. The first-order chi connectivity index (χ1) is 10.4. The van der Waals surface area contributed by atoms with Crippen molar-refractivity contribution in [3.05, 3.63) is 41.5 Å². The predicted octanol–water partition coefficient (Wildman–Crippen LogP) is 2.00. The standard InChI is InChI=1S/C14H17N3O4S/c1-4-21-14(18)12-9(2)13(10(3)16-12)22(19,20)17-11-6-5-7-15-8-11/h5-8,16-17H,4H2,1-3H3. The van der Waals surface area contributed by atoms with Crippen LogP contribution in [0.1, 0.15) is 28.7 Å². The van der Waals surface area contributed by atoms with Crippen LogP contribution in [0.3, 0.4) is 0 Å². The molecular weight excluding hydrogens is 306 g/mol. The molecule has 0 aromatic carbocycles. The number of carbonyl (C=O) groups excluding carboxylic acids is 1. The first kappa shape index (κ1) is 16.0. The number of aromatic nitrogens is 2. The Morgan fingerprint density at radius 2 is 2.14 bits per heavy atom. The molecule has 0 aliphatic carbocycles. The fraction of sp³-hybridized carbons (Fsp3) is 0.286. The lowest BCUT2D eigenvalue weighted by Crippen LogP contribution is -2.15. The molecule has 2 aromatic rings. The van der Waals surface area contributed by atoms with Gasteiger partial charge in [0.25, 0.3) is 10.0 Å². The summed E-state index contributed by atoms with van der Waals surface area (Å²) in [5, 5.41) is 0. The molecule has 0 aliphatic heterocycles. The van der Waals surface area contributed by atoms with Gasteiger partial charge in [-0.3, -0.25) is 9.71 Å². The summed E-state index contributed by atoms with van der Waals surface area (Å²) in [4.78, 5) is 18.5. The van der Waals surface area contributed by atoms with Crippen LogP contribution in [0.2, 0.25) is 0 Å². The second kappa shape index (κ2) is 6.18. The van der Waals surface area contributed by atoms with Gasteiger partial charge < -0.3 is 9.72 Å². The van der Waals surface area contributed by atoms with Crippen LogP contribution in [0, 0.1) is 13.8 Å². The smallest absolute Gasteiger partial charge is 0.355 e. The highest BCUT2D eigenvalue weighted by atomic mass is 32.2. The fourth-order valence-electron chi connectivity index (χ4n) is 2.17. The highest BCUT2D eigenvalue weighted by molar-refractivity contribution is 7.92. The predicted molar refractivity (Wildman–Crippen MR) is 81.3 cm³/mol. The van der Waals surface area contributed by atoms with E-state index in [1.54, 1.807) is 39.1 Å². The number of hydrogen-bond acceptors (Lipinski definition) is 5. The van der Waals surface area contributed by atoms with E-state index in [0.717, 1.165) is 0 Å². The van der Waals surface area contributed by atoms with Crippen molar-refractivity contribution in [1.29, 1.82) is 0 Å². The Labute approximate surface area is 128 Å². The summed E-state index contributed by atoms with van der Waals surface area (Å²) in [6.45, 7) is 5.05. The van der Waals surface area contributed by atoms with Crippen molar-refractivity contribution in [2.24, 2.45) is 0 Å². The van der Waals surface area contributed by atoms with Crippen LogP contribution >= 0.6 is 0 Å². The van der Waals surface area contributed by atoms with E-state index in [0.29, 0.717) is 16.9 Å². The maximum Gasteiger partial charge on any atom is 0.355 e. The second-order valence-corrected chi connectivity index (χ2v) is 6.27. The number of carbonyl (C=O) groups is 1. The summed E-state index contributed by atoms with van der Waals surface area (Å²) in [6, 6.07) is 3.22. The van der Waals surface area contributed by atoms with Gasteiger partial charge >= 0.3 is 5.97 Å². The van der Waals surface area contributed by atoms with Crippen molar-refractivity contribution in [3.63, 3.8) is 0 Å². The number of sulfonamides is 1. The molecule has 0 unspecified atom stereocenters. The molecule has 2 aromatic heterocycles. The Morgan fingerprint density at radius 3 is 2.73 bits per heavy atom. The molecule has 8 heteroatoms. The lowest BCUT2D eigenvalue weighted by Gasteiger charge is -2.08. The summed E-state index contributed by atoms with van der Waals surface area (Å²) in [7, 11) is -3.83. The number of ether oxygens (including phenoxy) is 1. The number of anilines is 1. The van der Waals surface area contributed by atoms with Crippen molar-refractivity contribution in [1.82, 2.24) is 9.97 Å². The number of nitrogens with one attached hydrogen (secondary N) is 2. The SMILES string of the molecule is CCOC(=O)c1[nH]c(C)c(S(=O)(=O)Nc2cccnc2)c1C. The van der Waals surface area contributed by atoms with Crippen molar-refractivity contribution >= 4 is 21.7 Å². The van der Waals surface area contributed by atoms with E-state index < -0.39 is 16.0 Å². The molecule has 118 valence electrons. The van der Waals surface area contributed by atoms with E-state index in [1.165, 1.54) is 6.20 Å². The quantitative estimate of drug-likeness (QED) is 0.820. The van der Waals surface area contributed by atoms with Gasteiger partial charge in [0.2, 0.25) is 0 Å². The first-order valence-electron chi connectivity index (χ1n) is 6.66. The normalized spacial score (nSPS) is 11.2. The van der Waals surface area contributed by atoms with Crippen LogP contribution in [0.4, 0.5) is 5.69 Å². The van der Waals surface area contributed by atoms with Crippen molar-refractivity contribution in [2.75, 3.05) is 11.3 Å². The average Bonchev–Trinajstić information content (AvgIpc) is 2.75. The third-order valence-electron chi connectivity index (χ3n) is 3.03. The first-order valence-corrected chi connectivity index (χ1v) is 8.14. The van der Waals surface area contributed by atoms with Crippen LogP contribution in [-0.4, -0.2) is 31.0 Å². The largest absolute Gasteiger partial charge is 0.461 e. The lowest BCUT2D eigenvalue weighted by atomic mass is 10.2. The van der Waals surface area contributed by atoms with E-state index in [1.807, 2.05) is 0 Å². The molecule has 7 nitrogen and oxygen atoms in total. The van der Waals surface area contributed by atoms with Crippen LogP contribution < -0.4 is 4.72 Å². The van der Waals surface area contributed by atoms with E-state index >= 15 is 0 Å². The van der Waals surface area contributed by atoms with E-state index in [-0.39, 0.29) is 17.2 Å². The number of aryl methyl sites for hydroxylation is 1. The van der Waals surface area contributed by atoms with Gasteiger partial charge in [0.15, 0.2) is 0 Å². The highest BCUT2D eigenvalue weighted by Crippen LogP contribution is 2.25. The molecule has 2 N–H and O–H groups in total. The van der Waals surface area contributed by atoms with Crippen LogP contribution in [0.15, 0.2) is 29.4 Å². The second-order valence-electron chi connectivity index (χ2n) is 4.65. The molecule has 2 heterocycles. The van der Waals surface area contributed by atoms with Crippen LogP contribution in [0.5, 0.6) is 0 Å². The summed E-state index contributed by atoms with van der Waals surface area (Å²) >= 11 is 0. The molecular formula is C14H17N3O4S. The van der Waals surface area contributed by atoms with Gasteiger partial charge in [0.1, 0.15) is 10.6 Å². The number of hydrogen-bond donors (Lipinski definition) is 2. The molecule has 0 radical (unpaired) electrons. The maximum atomic E-state index is 12.5. The molecule has 0 aliphatic rings. The average molecular weight is 323 g/mol. The van der Waals surface area contributed by atoms with Gasteiger partial charge in [0, 0.05) is 17.5 Å². The van der Waals surface area contributed by atoms with Gasteiger partial charge in [-0.25, -0.2) is 13.2 Å². The van der Waals surface area contributed by atoms with Crippen molar-refractivity contribution in [3.8, 4) is 0 Å². The van der Waals surface area contributed by atoms with Crippen LogP contribution in [0.25, 0.3) is 0 Å². The summed E-state index contributed by atoms with van der Waals surface area (Å²) in [6.07, 6.45) is 2.95. The zero-order valence-corrected chi connectivity index (χ0v) is 13.3. The van der Waals surface area contributed by atoms with E-state index in [2.05, 4.69) is 14.7 Å². The maximum absolute atomic E-state index is 12.5. The summed E-state index contributed by atoms with van der Waals surface area (Å²) in [5.41, 5.74) is 1.19. The third-order valence-corrected chi connectivity index (χ3v) is 4.68. The molecule has 2 rings (SSSR count). The van der Waals surface area contributed by atoms with Crippen molar-refractivity contribution < 1.29 is 17.9 Å².